The fourth-order valence-electron chi connectivity index (χ4n) is 1.66. The number of carbonyl (C=O) groups excluding carboxylic acids is 2. The Morgan fingerprint density at radius 1 is 1.23 bits per heavy atom. The number of unbranched alkanes of at least 4 members (excludes halogenated alkanes) is 1. The SMILES string of the molecule is CCCCNC(=O)COc1cc(C(=O)OCCC)ccc1N. The van der Waals surface area contributed by atoms with Crippen molar-refractivity contribution in [2.75, 3.05) is 25.5 Å². The van der Waals surface area contributed by atoms with Gasteiger partial charge < -0.3 is 20.5 Å². The summed E-state index contributed by atoms with van der Waals surface area (Å²) >= 11 is 0. The molecule has 22 heavy (non-hydrogen) atoms. The molecule has 1 aromatic rings. The number of hydrogen-bond acceptors (Lipinski definition) is 5. The lowest BCUT2D eigenvalue weighted by atomic mass is 10.2. The van der Waals surface area contributed by atoms with Crippen LogP contribution in [0.15, 0.2) is 18.2 Å². The van der Waals surface area contributed by atoms with E-state index in [-0.39, 0.29) is 12.5 Å². The van der Waals surface area contributed by atoms with Gasteiger partial charge in [0, 0.05) is 6.54 Å². The highest BCUT2D eigenvalue weighted by atomic mass is 16.5. The summed E-state index contributed by atoms with van der Waals surface area (Å²) in [7, 11) is 0. The van der Waals surface area contributed by atoms with Crippen molar-refractivity contribution in [2.45, 2.75) is 33.1 Å². The highest BCUT2D eigenvalue weighted by Crippen LogP contribution is 2.23. The molecular weight excluding hydrogens is 284 g/mol. The molecule has 122 valence electrons. The van der Waals surface area contributed by atoms with Crippen LogP contribution in [0.5, 0.6) is 5.75 Å². The van der Waals surface area contributed by atoms with Gasteiger partial charge in [-0.15, -0.1) is 0 Å². The maximum Gasteiger partial charge on any atom is 0.338 e. The van der Waals surface area contributed by atoms with Crippen molar-refractivity contribution in [3.05, 3.63) is 23.8 Å². The fraction of sp³-hybridized carbons (Fsp3) is 0.500. The zero-order valence-electron chi connectivity index (χ0n) is 13.2. The van der Waals surface area contributed by atoms with Crippen molar-refractivity contribution in [3.8, 4) is 5.75 Å². The first-order valence-corrected chi connectivity index (χ1v) is 7.54. The van der Waals surface area contributed by atoms with Crippen LogP contribution in [0.2, 0.25) is 0 Å². The first kappa shape index (κ1) is 17.8. The van der Waals surface area contributed by atoms with Crippen LogP contribution in [0.3, 0.4) is 0 Å². The van der Waals surface area contributed by atoms with Gasteiger partial charge in [-0.3, -0.25) is 4.79 Å². The third-order valence-corrected chi connectivity index (χ3v) is 2.90. The predicted octanol–water partition coefficient (Wildman–Crippen LogP) is 2.13. The Morgan fingerprint density at radius 2 is 2.00 bits per heavy atom. The molecule has 0 fully saturated rings. The minimum absolute atomic E-state index is 0.138. The van der Waals surface area contributed by atoms with Crippen molar-refractivity contribution in [3.63, 3.8) is 0 Å². The first-order chi connectivity index (χ1) is 10.6. The third kappa shape index (κ3) is 6.03. The zero-order chi connectivity index (χ0) is 16.4. The number of esters is 1. The molecule has 1 aromatic carbocycles. The second kappa shape index (κ2) is 9.65. The van der Waals surface area contributed by atoms with E-state index in [4.69, 9.17) is 15.2 Å². The Balaban J connectivity index is 2.58. The maximum absolute atomic E-state index is 11.8. The molecule has 0 radical (unpaired) electrons. The lowest BCUT2D eigenvalue weighted by Gasteiger charge is -2.11. The van der Waals surface area contributed by atoms with E-state index < -0.39 is 5.97 Å². The quantitative estimate of drug-likeness (QED) is 0.414. The summed E-state index contributed by atoms with van der Waals surface area (Å²) in [6.45, 7) is 4.81. The molecule has 0 heterocycles. The summed E-state index contributed by atoms with van der Waals surface area (Å²) < 4.78 is 10.4. The smallest absolute Gasteiger partial charge is 0.338 e. The molecule has 0 aromatic heterocycles. The fourth-order valence-corrected chi connectivity index (χ4v) is 1.66. The van der Waals surface area contributed by atoms with Crippen LogP contribution >= 0.6 is 0 Å². The number of anilines is 1. The molecule has 0 unspecified atom stereocenters. The summed E-state index contributed by atoms with van der Waals surface area (Å²) in [5, 5.41) is 2.74. The van der Waals surface area contributed by atoms with Crippen LogP contribution in [0, 0.1) is 0 Å². The molecule has 0 saturated carbocycles. The van der Waals surface area contributed by atoms with Crippen LogP contribution in [0.1, 0.15) is 43.5 Å². The molecule has 0 aliphatic heterocycles. The first-order valence-electron chi connectivity index (χ1n) is 7.54. The van der Waals surface area contributed by atoms with Gasteiger partial charge in [-0.1, -0.05) is 20.3 Å². The van der Waals surface area contributed by atoms with Crippen molar-refractivity contribution in [1.82, 2.24) is 5.32 Å². The lowest BCUT2D eigenvalue weighted by Crippen LogP contribution is -2.29. The number of ether oxygens (including phenoxy) is 2. The van der Waals surface area contributed by atoms with Crippen LogP contribution < -0.4 is 15.8 Å². The summed E-state index contributed by atoms with van der Waals surface area (Å²) in [5.74, 6) is -0.345. The highest BCUT2D eigenvalue weighted by Gasteiger charge is 2.11. The van der Waals surface area contributed by atoms with E-state index in [1.165, 1.54) is 6.07 Å². The van der Waals surface area contributed by atoms with Crippen LogP contribution in [-0.4, -0.2) is 31.6 Å². The van der Waals surface area contributed by atoms with E-state index in [0.717, 1.165) is 19.3 Å². The van der Waals surface area contributed by atoms with Crippen molar-refractivity contribution >= 4 is 17.6 Å². The van der Waals surface area contributed by atoms with E-state index in [9.17, 15) is 9.59 Å². The number of carbonyl (C=O) groups is 2. The van der Waals surface area contributed by atoms with E-state index in [1.54, 1.807) is 12.1 Å². The molecule has 0 bridgehead atoms. The van der Waals surface area contributed by atoms with Crippen molar-refractivity contribution < 1.29 is 19.1 Å². The predicted molar refractivity (Wildman–Crippen MR) is 84.8 cm³/mol. The summed E-state index contributed by atoms with van der Waals surface area (Å²) in [5.41, 5.74) is 6.51. The summed E-state index contributed by atoms with van der Waals surface area (Å²) in [6, 6.07) is 4.63. The minimum Gasteiger partial charge on any atom is -0.482 e. The van der Waals surface area contributed by atoms with Gasteiger partial charge >= 0.3 is 5.97 Å². The summed E-state index contributed by atoms with van der Waals surface area (Å²) in [6.07, 6.45) is 2.69. The molecule has 6 heteroatoms. The standard InChI is InChI=1S/C16H24N2O4/c1-3-5-8-18-15(19)11-22-14-10-12(6-7-13(14)17)16(20)21-9-4-2/h6-7,10H,3-5,8-9,11,17H2,1-2H3,(H,18,19). The minimum atomic E-state index is -0.431. The Kier molecular flexibility index (Phi) is 7.81. The Labute approximate surface area is 131 Å². The third-order valence-electron chi connectivity index (χ3n) is 2.90. The van der Waals surface area contributed by atoms with Gasteiger partial charge in [0.2, 0.25) is 0 Å². The molecule has 6 nitrogen and oxygen atoms in total. The topological polar surface area (TPSA) is 90.6 Å². The van der Waals surface area contributed by atoms with Gasteiger partial charge in [0.15, 0.2) is 6.61 Å². The molecule has 1 amide bonds. The highest BCUT2D eigenvalue weighted by molar-refractivity contribution is 5.90. The number of nitrogens with one attached hydrogen (secondary N) is 1. The Hall–Kier alpha value is -2.24. The van der Waals surface area contributed by atoms with E-state index in [1.807, 2.05) is 13.8 Å². The van der Waals surface area contributed by atoms with Crippen LogP contribution in [0.4, 0.5) is 5.69 Å². The second-order valence-corrected chi connectivity index (χ2v) is 4.88. The van der Waals surface area contributed by atoms with E-state index in [2.05, 4.69) is 5.32 Å². The Morgan fingerprint density at radius 3 is 2.68 bits per heavy atom. The van der Waals surface area contributed by atoms with Gasteiger partial charge in [0.25, 0.3) is 5.91 Å². The normalized spacial score (nSPS) is 10.1. The second-order valence-electron chi connectivity index (χ2n) is 4.88. The average Bonchev–Trinajstić information content (AvgIpc) is 2.52. The molecular formula is C16H24N2O4. The van der Waals surface area contributed by atoms with Gasteiger partial charge in [0.1, 0.15) is 5.75 Å². The lowest BCUT2D eigenvalue weighted by molar-refractivity contribution is -0.123. The molecule has 0 spiro atoms. The number of rotatable bonds is 9. The van der Waals surface area contributed by atoms with Crippen molar-refractivity contribution in [2.24, 2.45) is 0 Å². The number of hydrogen-bond donors (Lipinski definition) is 2. The van der Waals surface area contributed by atoms with Gasteiger partial charge in [-0.2, -0.15) is 0 Å². The average molecular weight is 308 g/mol. The molecule has 0 atom stereocenters. The number of benzene rings is 1. The van der Waals surface area contributed by atoms with Gasteiger partial charge in [0.05, 0.1) is 17.9 Å². The maximum atomic E-state index is 11.8. The van der Waals surface area contributed by atoms with Crippen molar-refractivity contribution in [1.29, 1.82) is 0 Å². The van der Waals surface area contributed by atoms with Gasteiger partial charge in [-0.25, -0.2) is 4.79 Å². The molecule has 0 aliphatic carbocycles. The van der Waals surface area contributed by atoms with E-state index >= 15 is 0 Å². The van der Waals surface area contributed by atoms with Crippen LogP contribution in [0.25, 0.3) is 0 Å². The van der Waals surface area contributed by atoms with Crippen LogP contribution in [-0.2, 0) is 9.53 Å². The summed E-state index contributed by atoms with van der Waals surface area (Å²) in [4.78, 5) is 23.4. The number of nitrogens with two attached hydrogens (primary N) is 1. The zero-order valence-corrected chi connectivity index (χ0v) is 13.2. The van der Waals surface area contributed by atoms with Gasteiger partial charge in [-0.05, 0) is 31.0 Å². The molecule has 1 rings (SSSR count). The number of nitrogen functional groups attached to an aromatic ring is 1. The molecule has 0 aliphatic rings. The number of amides is 1. The molecule has 0 saturated heterocycles. The molecule has 3 N–H and O–H groups in total. The van der Waals surface area contributed by atoms with E-state index in [0.29, 0.717) is 30.2 Å². The monoisotopic (exact) mass is 308 g/mol. The largest absolute Gasteiger partial charge is 0.482 e. The Bertz CT molecular complexity index is 503.